The van der Waals surface area contributed by atoms with Crippen molar-refractivity contribution in [2.24, 2.45) is 11.8 Å². The van der Waals surface area contributed by atoms with E-state index in [9.17, 15) is 0 Å². The molecule has 0 radical (unpaired) electrons. The Kier molecular flexibility index (Phi) is 1.48. The average Bonchev–Trinajstić information content (AvgIpc) is 2.04. The van der Waals surface area contributed by atoms with Crippen LogP contribution in [-0.2, 0) is 4.74 Å². The maximum atomic E-state index is 5.62. The molecule has 0 spiro atoms. The highest BCUT2D eigenvalue weighted by molar-refractivity contribution is 4.93. The Morgan fingerprint density at radius 2 is 1.90 bits per heavy atom. The fraction of sp³-hybridized carbons (Fsp3) is 1.00. The molecular formula is C9H16O. The van der Waals surface area contributed by atoms with E-state index in [0.717, 1.165) is 11.8 Å². The Bertz CT molecular complexity index is 121. The van der Waals surface area contributed by atoms with E-state index < -0.39 is 0 Å². The van der Waals surface area contributed by atoms with Crippen LogP contribution in [0.3, 0.4) is 0 Å². The molecule has 3 fully saturated rings. The second-order valence-corrected chi connectivity index (χ2v) is 3.82. The van der Waals surface area contributed by atoms with Gasteiger partial charge in [-0.2, -0.15) is 0 Å². The molecule has 0 aromatic carbocycles. The van der Waals surface area contributed by atoms with Crippen molar-refractivity contribution in [1.29, 1.82) is 0 Å². The largest absolute Gasteiger partial charge is 0.374 e. The lowest BCUT2D eigenvalue weighted by Gasteiger charge is -2.50. The molecule has 3 rings (SSSR count). The SMILES string of the molecule is CCC1CC2OC(C1)C2C. The second kappa shape index (κ2) is 2.23. The van der Waals surface area contributed by atoms with Crippen LogP contribution in [0.1, 0.15) is 33.1 Å². The molecule has 3 aliphatic rings. The zero-order chi connectivity index (χ0) is 7.14. The van der Waals surface area contributed by atoms with Crippen LogP contribution in [0.5, 0.6) is 0 Å². The minimum Gasteiger partial charge on any atom is -0.374 e. The molecule has 0 amide bonds. The number of ether oxygens (including phenoxy) is 1. The summed E-state index contributed by atoms with van der Waals surface area (Å²) in [5.74, 6) is 1.84. The highest BCUT2D eigenvalue weighted by Gasteiger charge is 2.45. The van der Waals surface area contributed by atoms with Gasteiger partial charge >= 0.3 is 0 Å². The van der Waals surface area contributed by atoms with Crippen LogP contribution in [0.4, 0.5) is 0 Å². The average molecular weight is 140 g/mol. The predicted octanol–water partition coefficient (Wildman–Crippen LogP) is 2.21. The number of fused-ring (bicyclic) bond motifs is 2. The number of hydrogen-bond acceptors (Lipinski definition) is 1. The molecule has 2 aliphatic heterocycles. The fourth-order valence-electron chi connectivity index (χ4n) is 2.25. The van der Waals surface area contributed by atoms with Gasteiger partial charge in [-0.25, -0.2) is 0 Å². The van der Waals surface area contributed by atoms with E-state index in [1.165, 1.54) is 19.3 Å². The van der Waals surface area contributed by atoms with Crippen LogP contribution >= 0.6 is 0 Å². The summed E-state index contributed by atoms with van der Waals surface area (Å²) in [5.41, 5.74) is 0. The zero-order valence-electron chi connectivity index (χ0n) is 6.84. The van der Waals surface area contributed by atoms with Crippen LogP contribution in [-0.4, -0.2) is 12.2 Å². The smallest absolute Gasteiger partial charge is 0.0632 e. The Morgan fingerprint density at radius 1 is 1.30 bits per heavy atom. The topological polar surface area (TPSA) is 9.23 Å². The Labute approximate surface area is 62.8 Å². The molecule has 1 saturated carbocycles. The summed E-state index contributed by atoms with van der Waals surface area (Å²) in [6.07, 6.45) is 5.26. The van der Waals surface area contributed by atoms with E-state index in [2.05, 4.69) is 13.8 Å². The van der Waals surface area contributed by atoms with Crippen molar-refractivity contribution in [2.75, 3.05) is 0 Å². The van der Waals surface area contributed by atoms with Crippen molar-refractivity contribution in [3.8, 4) is 0 Å². The lowest BCUT2D eigenvalue weighted by molar-refractivity contribution is -0.220. The quantitative estimate of drug-likeness (QED) is 0.542. The van der Waals surface area contributed by atoms with Crippen LogP contribution in [0, 0.1) is 11.8 Å². The first-order valence-corrected chi connectivity index (χ1v) is 4.46. The summed E-state index contributed by atoms with van der Waals surface area (Å²) in [6.45, 7) is 4.62. The molecule has 1 aliphatic carbocycles. The molecule has 1 heteroatoms. The molecule has 10 heavy (non-hydrogen) atoms. The molecule has 0 aromatic rings. The maximum absolute atomic E-state index is 5.62. The standard InChI is InChI=1S/C9H16O/c1-3-7-4-8-6(2)9(5-7)10-8/h6-9H,3-5H2,1-2H3. The monoisotopic (exact) mass is 140 g/mol. The first kappa shape index (κ1) is 6.66. The molecule has 0 N–H and O–H groups in total. The van der Waals surface area contributed by atoms with E-state index >= 15 is 0 Å². The van der Waals surface area contributed by atoms with E-state index in [4.69, 9.17) is 4.74 Å². The third kappa shape index (κ3) is 0.800. The third-order valence-corrected chi connectivity index (χ3v) is 3.23. The number of rotatable bonds is 1. The molecule has 2 bridgehead atoms. The van der Waals surface area contributed by atoms with Crippen LogP contribution < -0.4 is 0 Å². The Balaban J connectivity index is 1.93. The highest BCUT2D eigenvalue weighted by atomic mass is 16.5. The zero-order valence-corrected chi connectivity index (χ0v) is 6.84. The van der Waals surface area contributed by atoms with E-state index in [1.54, 1.807) is 0 Å². The van der Waals surface area contributed by atoms with Gasteiger partial charge in [0.05, 0.1) is 12.2 Å². The van der Waals surface area contributed by atoms with Crippen LogP contribution in [0.2, 0.25) is 0 Å². The summed E-state index contributed by atoms with van der Waals surface area (Å²) in [6, 6.07) is 0. The highest BCUT2D eigenvalue weighted by Crippen LogP contribution is 2.43. The lowest BCUT2D eigenvalue weighted by atomic mass is 9.73. The Morgan fingerprint density at radius 3 is 2.30 bits per heavy atom. The van der Waals surface area contributed by atoms with Gasteiger partial charge in [-0.05, 0) is 18.8 Å². The van der Waals surface area contributed by atoms with Gasteiger partial charge in [0.25, 0.3) is 0 Å². The Hall–Kier alpha value is -0.0400. The van der Waals surface area contributed by atoms with Gasteiger partial charge in [0.1, 0.15) is 0 Å². The maximum Gasteiger partial charge on any atom is 0.0632 e. The third-order valence-electron chi connectivity index (χ3n) is 3.23. The van der Waals surface area contributed by atoms with Crippen molar-refractivity contribution in [1.82, 2.24) is 0 Å². The van der Waals surface area contributed by atoms with E-state index in [1.807, 2.05) is 0 Å². The normalized spacial score (nSPS) is 52.2. The minimum atomic E-state index is 0.628. The van der Waals surface area contributed by atoms with Crippen LogP contribution in [0.15, 0.2) is 0 Å². The summed E-state index contributed by atoms with van der Waals surface area (Å²) in [5, 5.41) is 0. The van der Waals surface area contributed by atoms with E-state index in [0.29, 0.717) is 12.2 Å². The van der Waals surface area contributed by atoms with Crippen molar-refractivity contribution >= 4 is 0 Å². The molecule has 0 aromatic heterocycles. The van der Waals surface area contributed by atoms with Crippen LogP contribution in [0.25, 0.3) is 0 Å². The molecule has 2 atom stereocenters. The van der Waals surface area contributed by atoms with Crippen molar-refractivity contribution in [2.45, 2.75) is 45.3 Å². The van der Waals surface area contributed by atoms with Gasteiger partial charge in [0, 0.05) is 5.92 Å². The van der Waals surface area contributed by atoms with Crippen molar-refractivity contribution in [3.05, 3.63) is 0 Å². The molecule has 2 heterocycles. The molecule has 2 saturated heterocycles. The van der Waals surface area contributed by atoms with Crippen molar-refractivity contribution < 1.29 is 4.74 Å². The summed E-state index contributed by atoms with van der Waals surface area (Å²) in [4.78, 5) is 0. The first-order valence-electron chi connectivity index (χ1n) is 4.46. The van der Waals surface area contributed by atoms with Gasteiger partial charge in [0.15, 0.2) is 0 Å². The van der Waals surface area contributed by atoms with E-state index in [-0.39, 0.29) is 0 Å². The van der Waals surface area contributed by atoms with Crippen molar-refractivity contribution in [3.63, 3.8) is 0 Å². The fourth-order valence-corrected chi connectivity index (χ4v) is 2.25. The van der Waals surface area contributed by atoms with Gasteiger partial charge in [-0.3, -0.25) is 0 Å². The van der Waals surface area contributed by atoms with Gasteiger partial charge in [0.2, 0.25) is 0 Å². The molecule has 2 unspecified atom stereocenters. The lowest BCUT2D eigenvalue weighted by Crippen LogP contribution is -2.53. The minimum absolute atomic E-state index is 0.628. The number of hydrogen-bond donors (Lipinski definition) is 0. The summed E-state index contributed by atoms with van der Waals surface area (Å²) >= 11 is 0. The molecule has 1 nitrogen and oxygen atoms in total. The summed E-state index contributed by atoms with van der Waals surface area (Å²) in [7, 11) is 0. The first-order chi connectivity index (χ1) is 4.81. The predicted molar refractivity (Wildman–Crippen MR) is 40.8 cm³/mol. The van der Waals surface area contributed by atoms with Gasteiger partial charge in [-0.15, -0.1) is 0 Å². The second-order valence-electron chi connectivity index (χ2n) is 3.82. The molecule has 58 valence electrons. The van der Waals surface area contributed by atoms with Gasteiger partial charge < -0.3 is 4.74 Å². The van der Waals surface area contributed by atoms with Gasteiger partial charge in [-0.1, -0.05) is 20.3 Å². The molecular weight excluding hydrogens is 124 g/mol. The summed E-state index contributed by atoms with van der Waals surface area (Å²) < 4.78 is 5.62.